The first-order valence-electron chi connectivity index (χ1n) is 8.87. The number of carbonyl (C=O) groups is 2. The van der Waals surface area contributed by atoms with Crippen molar-refractivity contribution in [1.82, 2.24) is 0 Å². The van der Waals surface area contributed by atoms with E-state index in [0.717, 1.165) is 16.8 Å². The van der Waals surface area contributed by atoms with Crippen molar-refractivity contribution in [2.75, 3.05) is 10.6 Å². The molecule has 0 aliphatic heterocycles. The van der Waals surface area contributed by atoms with E-state index in [1.54, 1.807) is 24.3 Å². The average Bonchev–Trinajstić information content (AvgIpc) is 2.69. The fourth-order valence-corrected chi connectivity index (χ4v) is 2.74. The van der Waals surface area contributed by atoms with Crippen LogP contribution in [0.5, 0.6) is 0 Å². The molecule has 27 heavy (non-hydrogen) atoms. The van der Waals surface area contributed by atoms with Gasteiger partial charge >= 0.3 is 0 Å². The summed E-state index contributed by atoms with van der Waals surface area (Å²) in [5, 5.41) is 6.06. The summed E-state index contributed by atoms with van der Waals surface area (Å²) in [6, 6.07) is 24.6. The Morgan fingerprint density at radius 3 is 1.89 bits per heavy atom. The van der Waals surface area contributed by atoms with Gasteiger partial charge in [0.1, 0.15) is 6.04 Å². The Morgan fingerprint density at radius 2 is 1.30 bits per heavy atom. The lowest BCUT2D eigenvalue weighted by Crippen LogP contribution is -2.31. The molecule has 0 saturated heterocycles. The second kappa shape index (κ2) is 8.32. The lowest BCUT2D eigenvalue weighted by atomic mass is 10.1. The summed E-state index contributed by atoms with van der Waals surface area (Å²) in [4.78, 5) is 23.7. The molecule has 0 heterocycles. The van der Waals surface area contributed by atoms with Gasteiger partial charge in [0, 0.05) is 16.9 Å². The van der Waals surface area contributed by atoms with Crippen LogP contribution in [0.2, 0.25) is 0 Å². The van der Waals surface area contributed by atoms with Gasteiger partial charge < -0.3 is 10.6 Å². The molecule has 4 heteroatoms. The summed E-state index contributed by atoms with van der Waals surface area (Å²) in [5.41, 5.74) is 4.45. The molecule has 0 radical (unpaired) electrons. The van der Waals surface area contributed by atoms with Gasteiger partial charge in [-0.2, -0.15) is 0 Å². The van der Waals surface area contributed by atoms with Crippen molar-refractivity contribution in [1.29, 1.82) is 0 Å². The first kappa shape index (κ1) is 18.4. The van der Waals surface area contributed by atoms with Crippen LogP contribution in [0.25, 0.3) is 11.1 Å². The summed E-state index contributed by atoms with van der Waals surface area (Å²) in [6.07, 6.45) is 0. The minimum Gasteiger partial charge on any atom is -0.374 e. The number of rotatable bonds is 6. The van der Waals surface area contributed by atoms with E-state index in [1.807, 2.05) is 49.4 Å². The van der Waals surface area contributed by atoms with Crippen LogP contribution in [0.1, 0.15) is 24.2 Å². The molecule has 0 saturated carbocycles. The summed E-state index contributed by atoms with van der Waals surface area (Å²) in [7, 11) is 0. The van der Waals surface area contributed by atoms with Gasteiger partial charge in [0.15, 0.2) is 5.78 Å². The van der Waals surface area contributed by atoms with E-state index in [9.17, 15) is 9.59 Å². The third-order valence-corrected chi connectivity index (χ3v) is 4.33. The monoisotopic (exact) mass is 358 g/mol. The molecular formula is C23H22N2O2. The number of anilines is 2. The number of amides is 1. The van der Waals surface area contributed by atoms with Crippen molar-refractivity contribution >= 4 is 23.1 Å². The van der Waals surface area contributed by atoms with E-state index >= 15 is 0 Å². The van der Waals surface area contributed by atoms with E-state index in [-0.39, 0.29) is 11.7 Å². The Balaban J connectivity index is 1.60. The molecule has 3 aromatic rings. The van der Waals surface area contributed by atoms with Gasteiger partial charge in [0.2, 0.25) is 5.91 Å². The molecule has 0 aromatic heterocycles. The van der Waals surface area contributed by atoms with Gasteiger partial charge in [-0.1, -0.05) is 42.5 Å². The highest BCUT2D eigenvalue weighted by atomic mass is 16.2. The Bertz CT molecular complexity index is 917. The van der Waals surface area contributed by atoms with Gasteiger partial charge in [0.25, 0.3) is 0 Å². The molecule has 0 spiro atoms. The van der Waals surface area contributed by atoms with Crippen molar-refractivity contribution in [3.8, 4) is 11.1 Å². The Morgan fingerprint density at radius 1 is 0.741 bits per heavy atom. The lowest BCUT2D eigenvalue weighted by Gasteiger charge is -2.16. The van der Waals surface area contributed by atoms with Crippen molar-refractivity contribution in [3.63, 3.8) is 0 Å². The minimum absolute atomic E-state index is 0.00172. The molecule has 136 valence electrons. The zero-order chi connectivity index (χ0) is 19.2. The van der Waals surface area contributed by atoms with Crippen molar-refractivity contribution in [2.45, 2.75) is 19.9 Å². The van der Waals surface area contributed by atoms with Crippen LogP contribution in [0.3, 0.4) is 0 Å². The van der Waals surface area contributed by atoms with E-state index in [1.165, 1.54) is 6.92 Å². The maximum absolute atomic E-state index is 12.4. The van der Waals surface area contributed by atoms with Gasteiger partial charge in [0.05, 0.1) is 0 Å². The summed E-state index contributed by atoms with van der Waals surface area (Å²) in [6.45, 7) is 3.33. The number of hydrogen-bond acceptors (Lipinski definition) is 3. The number of Topliss-reactive ketones (excluding diaryl/α,β-unsaturated/α-hetero) is 1. The molecule has 1 amide bonds. The van der Waals surface area contributed by atoms with Crippen LogP contribution in [-0.4, -0.2) is 17.7 Å². The zero-order valence-electron chi connectivity index (χ0n) is 15.4. The van der Waals surface area contributed by atoms with Crippen molar-refractivity contribution in [3.05, 3.63) is 84.4 Å². The molecule has 4 nitrogen and oxygen atoms in total. The third kappa shape index (κ3) is 4.82. The first-order valence-corrected chi connectivity index (χ1v) is 8.87. The summed E-state index contributed by atoms with van der Waals surface area (Å²) >= 11 is 0. The molecule has 3 rings (SSSR count). The standard InChI is InChI=1S/C23H22N2O2/c1-16(23(27)25-22-12-8-18(9-13-22)17(2)26)24-21-14-10-20(11-15-21)19-6-4-3-5-7-19/h3-16,24H,1-2H3,(H,25,27). The first-order chi connectivity index (χ1) is 13.0. The largest absolute Gasteiger partial charge is 0.374 e. The number of nitrogens with one attached hydrogen (secondary N) is 2. The van der Waals surface area contributed by atoms with Crippen LogP contribution < -0.4 is 10.6 Å². The van der Waals surface area contributed by atoms with Gasteiger partial charge in [-0.25, -0.2) is 0 Å². The van der Waals surface area contributed by atoms with E-state index in [4.69, 9.17) is 0 Å². The Labute approximate surface area is 159 Å². The van der Waals surface area contributed by atoms with Crippen LogP contribution in [0, 0.1) is 0 Å². The summed E-state index contributed by atoms with van der Waals surface area (Å²) < 4.78 is 0. The van der Waals surface area contributed by atoms with Gasteiger partial charge in [-0.3, -0.25) is 9.59 Å². The van der Waals surface area contributed by atoms with E-state index < -0.39 is 6.04 Å². The number of carbonyl (C=O) groups excluding carboxylic acids is 2. The molecule has 3 aromatic carbocycles. The maximum atomic E-state index is 12.4. The number of hydrogen-bond donors (Lipinski definition) is 2. The molecule has 0 aliphatic rings. The topological polar surface area (TPSA) is 58.2 Å². The highest BCUT2D eigenvalue weighted by molar-refractivity contribution is 5.98. The fraction of sp³-hybridized carbons (Fsp3) is 0.130. The van der Waals surface area contributed by atoms with Crippen LogP contribution in [-0.2, 0) is 4.79 Å². The minimum atomic E-state index is -0.403. The van der Waals surface area contributed by atoms with E-state index in [2.05, 4.69) is 22.8 Å². The molecule has 0 bridgehead atoms. The fourth-order valence-electron chi connectivity index (χ4n) is 2.74. The van der Waals surface area contributed by atoms with Crippen molar-refractivity contribution < 1.29 is 9.59 Å². The highest BCUT2D eigenvalue weighted by Crippen LogP contribution is 2.21. The second-order valence-electron chi connectivity index (χ2n) is 6.43. The van der Waals surface area contributed by atoms with Crippen molar-refractivity contribution in [2.24, 2.45) is 0 Å². The molecular weight excluding hydrogens is 336 g/mol. The molecule has 0 fully saturated rings. The van der Waals surface area contributed by atoms with E-state index in [0.29, 0.717) is 11.3 Å². The number of benzene rings is 3. The van der Waals surface area contributed by atoms with Crippen LogP contribution >= 0.6 is 0 Å². The number of ketones is 1. The van der Waals surface area contributed by atoms with Crippen LogP contribution in [0.4, 0.5) is 11.4 Å². The third-order valence-electron chi connectivity index (χ3n) is 4.33. The lowest BCUT2D eigenvalue weighted by molar-refractivity contribution is -0.116. The normalized spacial score (nSPS) is 11.5. The zero-order valence-corrected chi connectivity index (χ0v) is 15.4. The second-order valence-corrected chi connectivity index (χ2v) is 6.43. The Hall–Kier alpha value is -3.40. The summed E-state index contributed by atoms with van der Waals surface area (Å²) in [5.74, 6) is -0.139. The molecule has 0 aliphatic carbocycles. The maximum Gasteiger partial charge on any atom is 0.246 e. The molecule has 1 unspecified atom stereocenters. The molecule has 2 N–H and O–H groups in total. The predicted molar refractivity (Wildman–Crippen MR) is 110 cm³/mol. The predicted octanol–water partition coefficient (Wildman–Crippen LogP) is 5.00. The smallest absolute Gasteiger partial charge is 0.246 e. The average molecular weight is 358 g/mol. The Kier molecular flexibility index (Phi) is 5.67. The quantitative estimate of drug-likeness (QED) is 0.610. The highest BCUT2D eigenvalue weighted by Gasteiger charge is 2.13. The van der Waals surface area contributed by atoms with Gasteiger partial charge in [-0.05, 0) is 61.4 Å². The molecule has 1 atom stereocenters. The van der Waals surface area contributed by atoms with Gasteiger partial charge in [-0.15, -0.1) is 0 Å². The SMILES string of the molecule is CC(=O)c1ccc(NC(=O)C(C)Nc2ccc(-c3ccccc3)cc2)cc1. The van der Waals surface area contributed by atoms with Crippen LogP contribution in [0.15, 0.2) is 78.9 Å².